The number of thioether (sulfide) groups is 1. The Bertz CT molecular complexity index is 1410. The Morgan fingerprint density at radius 2 is 1.90 bits per heavy atom. The monoisotopic (exact) mass is 554 g/mol. The van der Waals surface area contributed by atoms with Gasteiger partial charge in [0.25, 0.3) is 11.1 Å². The number of pyridine rings is 1. The van der Waals surface area contributed by atoms with Crippen molar-refractivity contribution in [3.8, 4) is 11.3 Å². The van der Waals surface area contributed by atoms with Crippen LogP contribution < -0.4 is 15.5 Å². The molecule has 0 saturated carbocycles. The number of nitrogens with one attached hydrogen (secondary N) is 2. The lowest BCUT2D eigenvalue weighted by molar-refractivity contribution is -0.137. The fraction of sp³-hybridized carbons (Fsp3) is 0.296. The third kappa shape index (κ3) is 6.63. The van der Waals surface area contributed by atoms with Crippen molar-refractivity contribution in [2.45, 2.75) is 25.6 Å². The molecule has 2 saturated heterocycles. The largest absolute Gasteiger partial charge is 0.416 e. The van der Waals surface area contributed by atoms with E-state index in [1.165, 1.54) is 6.07 Å². The van der Waals surface area contributed by atoms with E-state index >= 15 is 0 Å². The SMILES string of the molecule is O=C1NC(=O)C(=Cc2ccnc(N3CCC(CNCc4cccnc4-c4cccc(C(F)(F)F)c4)CC3)n2)S1. The van der Waals surface area contributed by atoms with Crippen molar-refractivity contribution in [1.29, 1.82) is 0 Å². The van der Waals surface area contributed by atoms with E-state index in [2.05, 4.69) is 30.5 Å². The maximum Gasteiger partial charge on any atom is 0.416 e. The lowest BCUT2D eigenvalue weighted by Crippen LogP contribution is -2.38. The van der Waals surface area contributed by atoms with E-state index in [0.29, 0.717) is 40.3 Å². The van der Waals surface area contributed by atoms with Crippen LogP contribution in [0.3, 0.4) is 0 Å². The van der Waals surface area contributed by atoms with Crippen LogP contribution in [0.1, 0.15) is 29.7 Å². The summed E-state index contributed by atoms with van der Waals surface area (Å²) in [5, 5.41) is 5.28. The van der Waals surface area contributed by atoms with Crippen molar-refractivity contribution in [2.24, 2.45) is 5.92 Å². The Hall–Kier alpha value is -3.77. The molecule has 12 heteroatoms. The average Bonchev–Trinajstić information content (AvgIpc) is 3.25. The minimum atomic E-state index is -4.41. The van der Waals surface area contributed by atoms with Crippen LogP contribution in [0.25, 0.3) is 17.3 Å². The van der Waals surface area contributed by atoms with Crippen LogP contribution in [0, 0.1) is 5.92 Å². The van der Waals surface area contributed by atoms with Crippen molar-refractivity contribution in [3.05, 3.63) is 76.6 Å². The quantitative estimate of drug-likeness (QED) is 0.399. The number of amides is 2. The molecule has 2 aromatic heterocycles. The first-order valence-corrected chi connectivity index (χ1v) is 13.2. The van der Waals surface area contributed by atoms with Crippen LogP contribution in [-0.4, -0.2) is 45.7 Å². The van der Waals surface area contributed by atoms with Crippen molar-refractivity contribution in [2.75, 3.05) is 24.5 Å². The van der Waals surface area contributed by atoms with Gasteiger partial charge in [0.15, 0.2) is 0 Å². The molecule has 5 rings (SSSR count). The second-order valence-electron chi connectivity index (χ2n) is 9.28. The summed E-state index contributed by atoms with van der Waals surface area (Å²) < 4.78 is 39.6. The second kappa shape index (κ2) is 11.5. The van der Waals surface area contributed by atoms with E-state index in [1.54, 1.807) is 36.7 Å². The number of hydrogen-bond donors (Lipinski definition) is 2. The fourth-order valence-electron chi connectivity index (χ4n) is 4.58. The molecule has 2 aliphatic rings. The van der Waals surface area contributed by atoms with E-state index in [1.807, 2.05) is 6.07 Å². The Kier molecular flexibility index (Phi) is 7.94. The highest BCUT2D eigenvalue weighted by Crippen LogP contribution is 2.32. The van der Waals surface area contributed by atoms with Crippen LogP contribution in [0.15, 0.2) is 59.8 Å². The van der Waals surface area contributed by atoms with Crippen LogP contribution in [0.4, 0.5) is 23.9 Å². The number of rotatable bonds is 7. The highest BCUT2D eigenvalue weighted by atomic mass is 32.2. The van der Waals surface area contributed by atoms with E-state index in [9.17, 15) is 22.8 Å². The molecular weight excluding hydrogens is 529 g/mol. The summed E-state index contributed by atoms with van der Waals surface area (Å²) in [7, 11) is 0. The van der Waals surface area contributed by atoms with Gasteiger partial charge in [-0.15, -0.1) is 0 Å². The molecule has 0 unspecified atom stereocenters. The molecule has 0 aliphatic carbocycles. The van der Waals surface area contributed by atoms with Gasteiger partial charge in [-0.2, -0.15) is 13.2 Å². The Balaban J connectivity index is 1.15. The Labute approximate surface area is 227 Å². The standard InChI is InChI=1S/C27H25F3N6O2S/c28-27(29,30)20-5-1-3-18(13-20)23-19(4-2-9-32-23)16-31-15-17-7-11-36(12-8-17)25-33-10-6-21(34-25)14-22-24(37)35-26(38)39-22/h1-6,9-10,13-14,17,31H,7-8,11-12,15-16H2,(H,35,37,38). The van der Waals surface area contributed by atoms with Gasteiger partial charge in [0.1, 0.15) is 0 Å². The average molecular weight is 555 g/mol. The molecule has 2 amide bonds. The molecule has 3 aromatic rings. The van der Waals surface area contributed by atoms with Gasteiger partial charge in [-0.1, -0.05) is 18.2 Å². The first kappa shape index (κ1) is 26.8. The molecule has 2 N–H and O–H groups in total. The number of carbonyl (C=O) groups is 2. The highest BCUT2D eigenvalue weighted by Gasteiger charge is 2.31. The van der Waals surface area contributed by atoms with Crippen molar-refractivity contribution in [1.82, 2.24) is 25.6 Å². The summed E-state index contributed by atoms with van der Waals surface area (Å²) in [4.78, 5) is 38.9. The van der Waals surface area contributed by atoms with Gasteiger partial charge >= 0.3 is 6.18 Å². The van der Waals surface area contributed by atoms with E-state index in [0.717, 1.165) is 61.9 Å². The summed E-state index contributed by atoms with van der Waals surface area (Å²) in [5.74, 6) is 0.572. The maximum absolute atomic E-state index is 13.2. The molecule has 0 bridgehead atoms. The smallest absolute Gasteiger partial charge is 0.341 e. The van der Waals surface area contributed by atoms with Crippen molar-refractivity contribution >= 4 is 34.9 Å². The summed E-state index contributed by atoms with van der Waals surface area (Å²) in [6.07, 6.45) is 2.23. The van der Waals surface area contributed by atoms with Crippen LogP contribution in [0.2, 0.25) is 0 Å². The van der Waals surface area contributed by atoms with Crippen LogP contribution in [0.5, 0.6) is 0 Å². The molecule has 202 valence electrons. The summed E-state index contributed by atoms with van der Waals surface area (Å²) in [6.45, 7) is 2.79. The van der Waals surface area contributed by atoms with Crippen molar-refractivity contribution < 1.29 is 22.8 Å². The third-order valence-electron chi connectivity index (χ3n) is 6.59. The summed E-state index contributed by atoms with van der Waals surface area (Å²) in [5.41, 5.74) is 1.68. The van der Waals surface area contributed by atoms with Crippen molar-refractivity contribution in [3.63, 3.8) is 0 Å². The first-order valence-electron chi connectivity index (χ1n) is 12.4. The zero-order valence-electron chi connectivity index (χ0n) is 20.7. The lowest BCUT2D eigenvalue weighted by Gasteiger charge is -2.32. The molecule has 0 radical (unpaired) electrons. The molecule has 4 heterocycles. The number of alkyl halides is 3. The van der Waals surface area contributed by atoms with E-state index in [-0.39, 0.29) is 0 Å². The third-order valence-corrected chi connectivity index (χ3v) is 7.40. The highest BCUT2D eigenvalue weighted by molar-refractivity contribution is 8.18. The molecule has 1 aromatic carbocycles. The number of imide groups is 1. The van der Waals surface area contributed by atoms with Gasteiger partial charge in [0.05, 0.1) is 21.9 Å². The second-order valence-corrected chi connectivity index (χ2v) is 10.3. The zero-order chi connectivity index (χ0) is 27.4. The van der Waals surface area contributed by atoms with Crippen LogP contribution >= 0.6 is 11.8 Å². The minimum absolute atomic E-state index is 0.305. The fourth-order valence-corrected chi connectivity index (χ4v) is 5.25. The zero-order valence-corrected chi connectivity index (χ0v) is 21.6. The number of aromatic nitrogens is 3. The molecule has 39 heavy (non-hydrogen) atoms. The lowest BCUT2D eigenvalue weighted by atomic mass is 9.96. The van der Waals surface area contributed by atoms with Gasteiger partial charge in [0.2, 0.25) is 5.95 Å². The number of halogens is 3. The van der Waals surface area contributed by atoms with Gasteiger partial charge < -0.3 is 10.2 Å². The maximum atomic E-state index is 13.2. The van der Waals surface area contributed by atoms with Gasteiger partial charge in [-0.25, -0.2) is 9.97 Å². The Morgan fingerprint density at radius 1 is 1.08 bits per heavy atom. The molecule has 2 aliphatic heterocycles. The van der Waals surface area contributed by atoms with Gasteiger partial charge in [0, 0.05) is 37.6 Å². The summed E-state index contributed by atoms with van der Waals surface area (Å²) in [6, 6.07) is 10.6. The predicted octanol–water partition coefficient (Wildman–Crippen LogP) is 4.89. The first-order chi connectivity index (χ1) is 18.8. The molecule has 8 nitrogen and oxygen atoms in total. The Morgan fingerprint density at radius 3 is 2.64 bits per heavy atom. The topological polar surface area (TPSA) is 100 Å². The predicted molar refractivity (Wildman–Crippen MR) is 142 cm³/mol. The molecule has 0 spiro atoms. The molecule has 0 atom stereocenters. The normalized spacial score (nSPS) is 17.6. The minimum Gasteiger partial charge on any atom is -0.341 e. The van der Waals surface area contributed by atoms with Gasteiger partial charge in [-0.3, -0.25) is 19.9 Å². The van der Waals surface area contributed by atoms with Crippen LogP contribution in [-0.2, 0) is 17.5 Å². The molecular formula is C27H25F3N6O2S. The summed E-state index contributed by atoms with van der Waals surface area (Å²) >= 11 is 0.849. The number of benzene rings is 1. The number of piperidine rings is 1. The number of anilines is 1. The van der Waals surface area contributed by atoms with Gasteiger partial charge in [-0.05, 0) is 73.0 Å². The molecule has 2 fully saturated rings. The van der Waals surface area contributed by atoms with E-state index < -0.39 is 22.9 Å². The van der Waals surface area contributed by atoms with E-state index in [4.69, 9.17) is 0 Å². The number of hydrogen-bond acceptors (Lipinski definition) is 8. The number of carbonyl (C=O) groups excluding carboxylic acids is 2. The number of nitrogens with zero attached hydrogens (tertiary/aromatic N) is 4.